The van der Waals surface area contributed by atoms with Crippen LogP contribution in [0.4, 0.5) is 0 Å². The third-order valence-electron chi connectivity index (χ3n) is 3.20. The zero-order valence-corrected chi connectivity index (χ0v) is 11.8. The van der Waals surface area contributed by atoms with E-state index in [9.17, 15) is 0 Å². The summed E-state index contributed by atoms with van der Waals surface area (Å²) in [6.45, 7) is 9.69. The average molecular weight is 232 g/mol. The van der Waals surface area contributed by atoms with Crippen LogP contribution in [0.2, 0.25) is 0 Å². The van der Waals surface area contributed by atoms with Gasteiger partial charge in [0.25, 0.3) is 0 Å². The van der Waals surface area contributed by atoms with Crippen molar-refractivity contribution in [1.82, 2.24) is 0 Å². The monoisotopic (exact) mass is 232 g/mol. The van der Waals surface area contributed by atoms with E-state index in [1.807, 2.05) is 0 Å². The van der Waals surface area contributed by atoms with Gasteiger partial charge in [-0.25, -0.2) is 0 Å². The number of hydrogen-bond acceptors (Lipinski definition) is 3. The van der Waals surface area contributed by atoms with Gasteiger partial charge in [-0.1, -0.05) is 20.3 Å². The smallest absolute Gasteiger partial charge is 0.0888 e. The fourth-order valence-electron chi connectivity index (χ4n) is 1.65. The van der Waals surface area contributed by atoms with E-state index in [0.29, 0.717) is 13.2 Å². The molecular weight excluding hydrogens is 204 g/mol. The molecule has 0 bridgehead atoms. The molecule has 2 atom stereocenters. The number of methoxy groups -OCH3 is 2. The van der Waals surface area contributed by atoms with E-state index in [2.05, 4.69) is 27.7 Å². The fourth-order valence-corrected chi connectivity index (χ4v) is 1.65. The van der Waals surface area contributed by atoms with Gasteiger partial charge in [0.2, 0.25) is 0 Å². The molecule has 0 radical (unpaired) electrons. The molecule has 0 aliphatic heterocycles. The fraction of sp³-hybridized carbons (Fsp3) is 1.00. The van der Waals surface area contributed by atoms with E-state index in [1.54, 1.807) is 14.2 Å². The van der Waals surface area contributed by atoms with Crippen LogP contribution >= 0.6 is 0 Å². The first-order chi connectivity index (χ1) is 7.45. The summed E-state index contributed by atoms with van der Waals surface area (Å²) in [6.07, 6.45) is 3.04. The van der Waals surface area contributed by atoms with Gasteiger partial charge in [-0.3, -0.25) is 0 Å². The van der Waals surface area contributed by atoms with E-state index in [-0.39, 0.29) is 11.2 Å². The van der Waals surface area contributed by atoms with Gasteiger partial charge in [0.1, 0.15) is 0 Å². The van der Waals surface area contributed by atoms with Gasteiger partial charge in [-0.05, 0) is 26.7 Å². The predicted octanol–water partition coefficient (Wildman–Crippen LogP) is 3.02. The Labute approximate surface area is 100 Å². The molecule has 0 saturated carbocycles. The lowest BCUT2D eigenvalue weighted by Crippen LogP contribution is -2.41. The second-order valence-electron chi connectivity index (χ2n) is 4.93. The molecule has 98 valence electrons. The van der Waals surface area contributed by atoms with Crippen LogP contribution in [0.25, 0.3) is 0 Å². The minimum absolute atomic E-state index is 0.192. The van der Waals surface area contributed by atoms with Crippen LogP contribution in [0, 0.1) is 0 Å². The van der Waals surface area contributed by atoms with Gasteiger partial charge < -0.3 is 14.2 Å². The second kappa shape index (κ2) is 7.25. The van der Waals surface area contributed by atoms with Crippen molar-refractivity contribution in [1.29, 1.82) is 0 Å². The maximum atomic E-state index is 6.01. The molecule has 3 nitrogen and oxygen atoms in total. The summed E-state index contributed by atoms with van der Waals surface area (Å²) in [6, 6.07) is 0. The van der Waals surface area contributed by atoms with Crippen LogP contribution in [0.15, 0.2) is 0 Å². The standard InChI is InChI=1S/C13H28O3/c1-7-9-13(4,10-14-5)16-11-12(3,8-2)15-6/h7-11H2,1-6H3. The maximum absolute atomic E-state index is 6.01. The third kappa shape index (κ3) is 5.28. The van der Waals surface area contributed by atoms with E-state index in [4.69, 9.17) is 14.2 Å². The summed E-state index contributed by atoms with van der Waals surface area (Å²) in [5.41, 5.74) is -0.388. The summed E-state index contributed by atoms with van der Waals surface area (Å²) in [4.78, 5) is 0. The molecule has 0 aromatic rings. The average Bonchev–Trinajstić information content (AvgIpc) is 2.27. The van der Waals surface area contributed by atoms with Crippen LogP contribution in [-0.2, 0) is 14.2 Å². The molecule has 0 aliphatic rings. The first kappa shape index (κ1) is 15.9. The Bertz CT molecular complexity index is 170. The topological polar surface area (TPSA) is 27.7 Å². The molecule has 0 aliphatic carbocycles. The molecule has 0 fully saturated rings. The molecule has 0 heterocycles. The molecule has 0 aromatic heterocycles. The van der Waals surface area contributed by atoms with Crippen LogP contribution in [0.3, 0.4) is 0 Å². The van der Waals surface area contributed by atoms with E-state index < -0.39 is 0 Å². The van der Waals surface area contributed by atoms with Gasteiger partial charge in [-0.15, -0.1) is 0 Å². The Kier molecular flexibility index (Phi) is 7.20. The van der Waals surface area contributed by atoms with Gasteiger partial charge >= 0.3 is 0 Å². The highest BCUT2D eigenvalue weighted by atomic mass is 16.6. The molecule has 16 heavy (non-hydrogen) atoms. The molecule has 0 rings (SSSR count). The zero-order chi connectivity index (χ0) is 12.7. The summed E-state index contributed by atoms with van der Waals surface area (Å²) in [5.74, 6) is 0. The van der Waals surface area contributed by atoms with E-state index in [1.165, 1.54) is 0 Å². The highest BCUT2D eigenvalue weighted by Crippen LogP contribution is 2.23. The zero-order valence-electron chi connectivity index (χ0n) is 11.8. The minimum atomic E-state index is -0.196. The first-order valence-corrected chi connectivity index (χ1v) is 6.13. The Morgan fingerprint density at radius 2 is 1.56 bits per heavy atom. The van der Waals surface area contributed by atoms with Crippen molar-refractivity contribution in [2.75, 3.05) is 27.4 Å². The summed E-state index contributed by atoms with van der Waals surface area (Å²) in [7, 11) is 3.45. The van der Waals surface area contributed by atoms with Gasteiger partial charge in [0.15, 0.2) is 0 Å². The molecule has 0 aromatic carbocycles. The van der Waals surface area contributed by atoms with Crippen molar-refractivity contribution in [2.45, 2.75) is 58.2 Å². The van der Waals surface area contributed by atoms with Crippen molar-refractivity contribution >= 4 is 0 Å². The quantitative estimate of drug-likeness (QED) is 0.611. The lowest BCUT2D eigenvalue weighted by molar-refractivity contribution is -0.142. The molecule has 3 heteroatoms. The van der Waals surface area contributed by atoms with Crippen LogP contribution < -0.4 is 0 Å². The lowest BCUT2D eigenvalue weighted by atomic mass is 10.00. The van der Waals surface area contributed by atoms with Crippen molar-refractivity contribution in [3.05, 3.63) is 0 Å². The number of ether oxygens (including phenoxy) is 3. The van der Waals surface area contributed by atoms with E-state index in [0.717, 1.165) is 19.3 Å². The SMILES string of the molecule is CCCC(C)(COC)OCC(C)(CC)OC. The largest absolute Gasteiger partial charge is 0.382 e. The molecule has 2 unspecified atom stereocenters. The van der Waals surface area contributed by atoms with Gasteiger partial charge in [-0.2, -0.15) is 0 Å². The molecule has 0 N–H and O–H groups in total. The van der Waals surface area contributed by atoms with Crippen LogP contribution in [0.1, 0.15) is 47.0 Å². The van der Waals surface area contributed by atoms with Crippen molar-refractivity contribution in [2.24, 2.45) is 0 Å². The van der Waals surface area contributed by atoms with Crippen LogP contribution in [-0.4, -0.2) is 38.6 Å². The molecule has 0 saturated heterocycles. The molecule has 0 spiro atoms. The van der Waals surface area contributed by atoms with Crippen molar-refractivity contribution in [3.63, 3.8) is 0 Å². The summed E-state index contributed by atoms with van der Waals surface area (Å²) < 4.78 is 16.7. The maximum Gasteiger partial charge on any atom is 0.0888 e. The van der Waals surface area contributed by atoms with Crippen molar-refractivity contribution < 1.29 is 14.2 Å². The van der Waals surface area contributed by atoms with Gasteiger partial charge in [0.05, 0.1) is 24.4 Å². The Morgan fingerprint density at radius 1 is 0.938 bits per heavy atom. The highest BCUT2D eigenvalue weighted by Gasteiger charge is 2.29. The summed E-state index contributed by atoms with van der Waals surface area (Å²) in [5, 5.41) is 0. The lowest BCUT2D eigenvalue weighted by Gasteiger charge is -2.34. The Balaban J connectivity index is 4.30. The van der Waals surface area contributed by atoms with Gasteiger partial charge in [0, 0.05) is 14.2 Å². The molecule has 0 amide bonds. The van der Waals surface area contributed by atoms with Crippen LogP contribution in [0.5, 0.6) is 0 Å². The Morgan fingerprint density at radius 3 is 1.94 bits per heavy atom. The third-order valence-corrected chi connectivity index (χ3v) is 3.20. The number of rotatable bonds is 9. The van der Waals surface area contributed by atoms with Crippen molar-refractivity contribution in [3.8, 4) is 0 Å². The second-order valence-corrected chi connectivity index (χ2v) is 4.93. The normalized spacial score (nSPS) is 19.1. The first-order valence-electron chi connectivity index (χ1n) is 6.13. The number of hydrogen-bond donors (Lipinski definition) is 0. The predicted molar refractivity (Wildman–Crippen MR) is 66.8 cm³/mol. The highest BCUT2D eigenvalue weighted by molar-refractivity contribution is 4.79. The Hall–Kier alpha value is -0.120. The molecular formula is C13H28O3. The van der Waals surface area contributed by atoms with E-state index >= 15 is 0 Å². The minimum Gasteiger partial charge on any atom is -0.382 e. The summed E-state index contributed by atoms with van der Waals surface area (Å²) >= 11 is 0.